The largest absolute Gasteiger partial charge is 0.333 e. The molecule has 1 aliphatic rings. The predicted octanol–water partition coefficient (Wildman–Crippen LogP) is 0.851. The van der Waals surface area contributed by atoms with E-state index < -0.39 is 0 Å². The van der Waals surface area contributed by atoms with Gasteiger partial charge in [-0.25, -0.2) is 4.79 Å². The summed E-state index contributed by atoms with van der Waals surface area (Å²) in [5.74, 6) is 0. The van der Waals surface area contributed by atoms with Gasteiger partial charge >= 0.3 is 6.03 Å². The summed E-state index contributed by atoms with van der Waals surface area (Å²) in [5, 5.41) is 3.01. The van der Waals surface area contributed by atoms with Gasteiger partial charge in [-0.15, -0.1) is 0 Å². The number of amides is 2. The molecule has 0 aliphatic carbocycles. The Morgan fingerprint density at radius 3 is 2.28 bits per heavy atom. The minimum atomic E-state index is -0.157. The third-order valence-corrected chi connectivity index (χ3v) is 3.07. The summed E-state index contributed by atoms with van der Waals surface area (Å²) >= 11 is 0. The first-order valence-corrected chi connectivity index (χ1v) is 6.92. The van der Waals surface area contributed by atoms with Crippen LogP contribution in [-0.4, -0.2) is 60.6 Å². The number of carbonyl (C=O) groups is 1. The first-order valence-electron chi connectivity index (χ1n) is 6.92. The maximum absolute atomic E-state index is 12.0. The Morgan fingerprint density at radius 1 is 1.17 bits per heavy atom. The first kappa shape index (κ1) is 15.2. The zero-order valence-electron chi connectivity index (χ0n) is 12.0. The van der Waals surface area contributed by atoms with E-state index in [0.29, 0.717) is 0 Å². The predicted molar refractivity (Wildman–Crippen MR) is 74.6 cm³/mol. The highest BCUT2D eigenvalue weighted by atomic mass is 16.2. The molecule has 106 valence electrons. The van der Waals surface area contributed by atoms with Gasteiger partial charge in [-0.1, -0.05) is 0 Å². The quantitative estimate of drug-likeness (QED) is 0.733. The average molecular weight is 256 g/mol. The summed E-state index contributed by atoms with van der Waals surface area (Å²) in [7, 11) is 0. The smallest absolute Gasteiger partial charge is 0.317 e. The number of urea groups is 1. The topological polar surface area (TPSA) is 61.6 Å². The molecule has 5 heteroatoms. The fourth-order valence-corrected chi connectivity index (χ4v) is 2.05. The molecule has 0 aromatic carbocycles. The van der Waals surface area contributed by atoms with Crippen molar-refractivity contribution in [3.63, 3.8) is 0 Å². The molecule has 1 heterocycles. The van der Waals surface area contributed by atoms with E-state index >= 15 is 0 Å². The van der Waals surface area contributed by atoms with Crippen molar-refractivity contribution in [2.24, 2.45) is 5.73 Å². The normalized spacial score (nSPS) is 17.9. The molecule has 5 nitrogen and oxygen atoms in total. The zero-order chi connectivity index (χ0) is 13.6. The van der Waals surface area contributed by atoms with Gasteiger partial charge in [0.1, 0.15) is 0 Å². The van der Waals surface area contributed by atoms with Gasteiger partial charge in [-0.3, -0.25) is 4.90 Å². The van der Waals surface area contributed by atoms with Crippen LogP contribution in [0.2, 0.25) is 0 Å². The van der Waals surface area contributed by atoms with Gasteiger partial charge < -0.3 is 16.0 Å². The number of unbranched alkanes of at least 4 members (excludes halogenated alkanes) is 1. The lowest BCUT2D eigenvalue weighted by Crippen LogP contribution is -2.55. The lowest BCUT2D eigenvalue weighted by atomic mass is 10.1. The van der Waals surface area contributed by atoms with E-state index in [9.17, 15) is 4.79 Å². The molecule has 0 aromatic rings. The van der Waals surface area contributed by atoms with Crippen LogP contribution in [0.1, 0.15) is 33.6 Å². The van der Waals surface area contributed by atoms with Gasteiger partial charge in [0, 0.05) is 31.7 Å². The second-order valence-corrected chi connectivity index (χ2v) is 6.00. The number of rotatable bonds is 4. The van der Waals surface area contributed by atoms with Crippen LogP contribution >= 0.6 is 0 Å². The average Bonchev–Trinajstić information content (AvgIpc) is 2.28. The molecule has 3 N–H and O–H groups in total. The number of nitrogens with zero attached hydrogens (tertiary/aromatic N) is 2. The van der Waals surface area contributed by atoms with Crippen molar-refractivity contribution < 1.29 is 4.79 Å². The summed E-state index contributed by atoms with van der Waals surface area (Å²) in [4.78, 5) is 16.3. The molecule has 18 heavy (non-hydrogen) atoms. The molecule has 0 aromatic heterocycles. The van der Waals surface area contributed by atoms with E-state index in [2.05, 4.69) is 10.2 Å². The summed E-state index contributed by atoms with van der Waals surface area (Å²) in [6.45, 7) is 11.5. The fourth-order valence-electron chi connectivity index (χ4n) is 2.05. The maximum Gasteiger partial charge on any atom is 0.317 e. The third kappa shape index (κ3) is 5.69. The lowest BCUT2D eigenvalue weighted by Gasteiger charge is -2.36. The van der Waals surface area contributed by atoms with Crippen LogP contribution in [0, 0.1) is 0 Å². The summed E-state index contributed by atoms with van der Waals surface area (Å²) in [5.41, 5.74) is 5.33. The number of carbonyl (C=O) groups excluding carboxylic acids is 1. The van der Waals surface area contributed by atoms with Gasteiger partial charge in [-0.2, -0.15) is 0 Å². The second kappa shape index (κ2) is 6.95. The number of piperazine rings is 1. The summed E-state index contributed by atoms with van der Waals surface area (Å²) < 4.78 is 0. The van der Waals surface area contributed by atoms with Crippen LogP contribution in [0.3, 0.4) is 0 Å². The molecule has 0 radical (unpaired) electrons. The highest BCUT2D eigenvalue weighted by Crippen LogP contribution is 2.06. The lowest BCUT2D eigenvalue weighted by molar-refractivity contribution is 0.133. The molecule has 1 saturated heterocycles. The number of hydrogen-bond acceptors (Lipinski definition) is 3. The molecule has 1 aliphatic heterocycles. The Bertz CT molecular complexity index is 254. The minimum Gasteiger partial charge on any atom is -0.333 e. The first-order chi connectivity index (χ1) is 8.42. The Morgan fingerprint density at radius 2 is 1.78 bits per heavy atom. The van der Waals surface area contributed by atoms with E-state index in [0.717, 1.165) is 52.1 Å². The number of nitrogens with two attached hydrogens (primary N) is 1. The van der Waals surface area contributed by atoms with Crippen molar-refractivity contribution in [3.8, 4) is 0 Å². The van der Waals surface area contributed by atoms with Gasteiger partial charge in [0.2, 0.25) is 0 Å². The Kier molecular flexibility index (Phi) is 5.88. The number of hydrogen-bond donors (Lipinski definition) is 2. The molecule has 1 rings (SSSR count). The molecule has 0 bridgehead atoms. The van der Waals surface area contributed by atoms with E-state index in [1.807, 2.05) is 25.7 Å². The Labute approximate surface area is 111 Å². The third-order valence-electron chi connectivity index (χ3n) is 3.07. The molecule has 0 saturated carbocycles. The number of nitrogens with one attached hydrogen (secondary N) is 1. The molecule has 0 atom stereocenters. The zero-order valence-corrected chi connectivity index (χ0v) is 12.0. The maximum atomic E-state index is 12.0. The highest BCUT2D eigenvalue weighted by Gasteiger charge is 2.23. The van der Waals surface area contributed by atoms with Crippen molar-refractivity contribution in [1.29, 1.82) is 0 Å². The van der Waals surface area contributed by atoms with E-state index in [1.54, 1.807) is 0 Å². The van der Waals surface area contributed by atoms with Crippen LogP contribution in [-0.2, 0) is 0 Å². The van der Waals surface area contributed by atoms with Gasteiger partial charge in [0.05, 0.1) is 0 Å². The summed E-state index contributed by atoms with van der Waals surface area (Å²) in [6, 6.07) is 0.0594. The molecule has 0 unspecified atom stereocenters. The van der Waals surface area contributed by atoms with E-state index in [-0.39, 0.29) is 11.6 Å². The van der Waals surface area contributed by atoms with Crippen LogP contribution in [0.15, 0.2) is 0 Å². The standard InChI is InChI=1S/C13H28N4O/c1-13(2,3)15-12(18)17-10-8-16(9-11-17)7-5-4-6-14/h4-11,14H2,1-3H3,(H,15,18). The fraction of sp³-hybridized carbons (Fsp3) is 0.923. The van der Waals surface area contributed by atoms with Crippen LogP contribution < -0.4 is 11.1 Å². The molecule has 0 spiro atoms. The van der Waals surface area contributed by atoms with Crippen molar-refractivity contribution >= 4 is 6.03 Å². The molecule has 1 fully saturated rings. The SMILES string of the molecule is CC(C)(C)NC(=O)N1CCN(CCCCN)CC1. The monoisotopic (exact) mass is 256 g/mol. The van der Waals surface area contributed by atoms with E-state index in [1.165, 1.54) is 0 Å². The van der Waals surface area contributed by atoms with Crippen molar-refractivity contribution in [2.75, 3.05) is 39.3 Å². The van der Waals surface area contributed by atoms with Crippen molar-refractivity contribution in [1.82, 2.24) is 15.1 Å². The van der Waals surface area contributed by atoms with Gasteiger partial charge in [0.15, 0.2) is 0 Å². The molecular formula is C13H28N4O. The second-order valence-electron chi connectivity index (χ2n) is 6.00. The minimum absolute atomic E-state index is 0.0594. The highest BCUT2D eigenvalue weighted by molar-refractivity contribution is 5.75. The molecular weight excluding hydrogens is 228 g/mol. The van der Waals surface area contributed by atoms with Crippen LogP contribution in [0.25, 0.3) is 0 Å². The van der Waals surface area contributed by atoms with Crippen molar-refractivity contribution in [2.45, 2.75) is 39.2 Å². The summed E-state index contributed by atoms with van der Waals surface area (Å²) in [6.07, 6.45) is 2.25. The Hall–Kier alpha value is -0.810. The van der Waals surface area contributed by atoms with Crippen molar-refractivity contribution in [3.05, 3.63) is 0 Å². The molecule has 2 amide bonds. The van der Waals surface area contributed by atoms with Crippen LogP contribution in [0.4, 0.5) is 4.79 Å². The van der Waals surface area contributed by atoms with Gasteiger partial charge in [0.25, 0.3) is 0 Å². The van der Waals surface area contributed by atoms with E-state index in [4.69, 9.17) is 5.73 Å². The Balaban J connectivity index is 2.24. The van der Waals surface area contributed by atoms with Crippen LogP contribution in [0.5, 0.6) is 0 Å². The van der Waals surface area contributed by atoms with Gasteiger partial charge in [-0.05, 0) is 46.7 Å².